The summed E-state index contributed by atoms with van der Waals surface area (Å²) in [6.45, 7) is 6.68. The number of nitrogens with zero attached hydrogens (tertiary/aromatic N) is 2. The van der Waals surface area contributed by atoms with E-state index in [1.807, 2.05) is 13.8 Å². The number of rotatable bonds is 7. The Morgan fingerprint density at radius 1 is 1.21 bits per heavy atom. The molecule has 0 fully saturated rings. The number of hydrogen-bond acceptors (Lipinski definition) is 3. The fourth-order valence-electron chi connectivity index (χ4n) is 1.48. The Morgan fingerprint density at radius 2 is 1.74 bits per heavy atom. The highest BCUT2D eigenvalue weighted by Crippen LogP contribution is 1.97. The average Bonchev–Trinajstić information content (AvgIpc) is 2.38. The van der Waals surface area contributed by atoms with Crippen LogP contribution in [0, 0.1) is 0 Å². The Hall–Kier alpha value is -1.79. The molecule has 0 aliphatic rings. The minimum Gasteiger partial charge on any atom is -0.480 e. The van der Waals surface area contributed by atoms with Gasteiger partial charge in [0.25, 0.3) is 0 Å². The molecule has 2 N–H and O–H groups in total. The van der Waals surface area contributed by atoms with Crippen molar-refractivity contribution in [1.29, 1.82) is 0 Å². The zero-order valence-corrected chi connectivity index (χ0v) is 12.0. The van der Waals surface area contributed by atoms with Crippen LogP contribution in [-0.4, -0.2) is 65.5 Å². The van der Waals surface area contributed by atoms with E-state index in [9.17, 15) is 14.4 Å². The maximum absolute atomic E-state index is 11.7. The van der Waals surface area contributed by atoms with Crippen molar-refractivity contribution in [3.63, 3.8) is 0 Å². The van der Waals surface area contributed by atoms with E-state index < -0.39 is 18.0 Å². The van der Waals surface area contributed by atoms with Gasteiger partial charge in [0.15, 0.2) is 0 Å². The van der Waals surface area contributed by atoms with Gasteiger partial charge in [-0.3, -0.25) is 4.79 Å². The number of carboxylic acid groups (broad SMARTS) is 1. The van der Waals surface area contributed by atoms with E-state index in [2.05, 4.69) is 5.32 Å². The van der Waals surface area contributed by atoms with Gasteiger partial charge in [0, 0.05) is 33.1 Å². The predicted octanol–water partition coefficient (Wildman–Crippen LogP) is 0.359. The lowest BCUT2D eigenvalue weighted by molar-refractivity contribution is -0.141. The van der Waals surface area contributed by atoms with Gasteiger partial charge < -0.3 is 20.2 Å². The van der Waals surface area contributed by atoms with Crippen molar-refractivity contribution in [3.8, 4) is 0 Å². The minimum absolute atomic E-state index is 0.0285. The summed E-state index contributed by atoms with van der Waals surface area (Å²) in [5, 5.41) is 11.3. The number of carboxylic acids is 1. The normalized spacial score (nSPS) is 11.6. The highest BCUT2D eigenvalue weighted by Gasteiger charge is 2.21. The topological polar surface area (TPSA) is 90.0 Å². The Bertz CT molecular complexity index is 329. The third kappa shape index (κ3) is 5.58. The molecule has 0 aromatic rings. The summed E-state index contributed by atoms with van der Waals surface area (Å²) >= 11 is 0. The molecule has 1 atom stereocenters. The quantitative estimate of drug-likeness (QED) is 0.700. The van der Waals surface area contributed by atoms with E-state index in [1.54, 1.807) is 4.90 Å². The van der Waals surface area contributed by atoms with Crippen LogP contribution in [0.3, 0.4) is 0 Å². The van der Waals surface area contributed by atoms with Crippen molar-refractivity contribution in [2.24, 2.45) is 0 Å². The molecule has 0 saturated carbocycles. The number of nitrogens with one attached hydrogen (secondary N) is 1. The number of carbonyl (C=O) groups is 3. The molecule has 0 aliphatic carbocycles. The molecule has 0 aliphatic heterocycles. The third-order valence-electron chi connectivity index (χ3n) is 2.99. The molecule has 7 nitrogen and oxygen atoms in total. The summed E-state index contributed by atoms with van der Waals surface area (Å²) in [6.07, 6.45) is 0.211. The zero-order chi connectivity index (χ0) is 15.0. The predicted molar refractivity (Wildman–Crippen MR) is 70.8 cm³/mol. The van der Waals surface area contributed by atoms with E-state index in [4.69, 9.17) is 5.11 Å². The Morgan fingerprint density at radius 3 is 2.16 bits per heavy atom. The molecule has 110 valence electrons. The first-order chi connectivity index (χ1) is 8.84. The lowest BCUT2D eigenvalue weighted by Crippen LogP contribution is -2.46. The molecule has 0 heterocycles. The molecule has 1 unspecified atom stereocenters. The van der Waals surface area contributed by atoms with E-state index in [-0.39, 0.29) is 18.9 Å². The number of urea groups is 1. The highest BCUT2D eigenvalue weighted by molar-refractivity contribution is 5.82. The van der Waals surface area contributed by atoms with E-state index in [0.717, 1.165) is 4.90 Å². The number of likely N-dealkylation sites (N-methyl/N-ethyl adjacent to an activating group) is 1. The molecule has 0 spiro atoms. The van der Waals surface area contributed by atoms with Crippen LogP contribution in [0.15, 0.2) is 0 Å². The van der Waals surface area contributed by atoms with Gasteiger partial charge in [0.2, 0.25) is 5.91 Å². The van der Waals surface area contributed by atoms with Crippen LogP contribution in [-0.2, 0) is 9.59 Å². The highest BCUT2D eigenvalue weighted by atomic mass is 16.4. The van der Waals surface area contributed by atoms with Crippen LogP contribution in [0.2, 0.25) is 0 Å². The first-order valence-corrected chi connectivity index (χ1v) is 6.36. The van der Waals surface area contributed by atoms with Crippen molar-refractivity contribution in [2.45, 2.75) is 33.2 Å². The molecule has 3 amide bonds. The van der Waals surface area contributed by atoms with E-state index in [0.29, 0.717) is 13.1 Å². The van der Waals surface area contributed by atoms with Crippen molar-refractivity contribution in [3.05, 3.63) is 0 Å². The minimum atomic E-state index is -1.07. The van der Waals surface area contributed by atoms with Crippen molar-refractivity contribution >= 4 is 17.9 Å². The lowest BCUT2D eigenvalue weighted by atomic mass is 10.3. The smallest absolute Gasteiger partial charge is 0.326 e. The van der Waals surface area contributed by atoms with Crippen LogP contribution in [0.25, 0.3) is 0 Å². The SMILES string of the molecule is CCN(CC)C(=O)CCNC(=O)N(C)C(C)C(=O)O. The summed E-state index contributed by atoms with van der Waals surface area (Å²) in [5.41, 5.74) is 0. The van der Waals surface area contributed by atoms with Crippen LogP contribution in [0.1, 0.15) is 27.2 Å². The second-order valence-corrected chi connectivity index (χ2v) is 4.17. The standard InChI is InChI=1S/C12H23N3O4/c1-5-15(6-2)10(16)7-8-13-12(19)14(4)9(3)11(17)18/h9H,5-8H2,1-4H3,(H,13,19)(H,17,18). The van der Waals surface area contributed by atoms with Crippen LogP contribution in [0.4, 0.5) is 4.79 Å². The molecule has 19 heavy (non-hydrogen) atoms. The monoisotopic (exact) mass is 273 g/mol. The van der Waals surface area contributed by atoms with E-state index in [1.165, 1.54) is 14.0 Å². The van der Waals surface area contributed by atoms with Crippen molar-refractivity contribution in [1.82, 2.24) is 15.1 Å². The number of amides is 3. The van der Waals surface area contributed by atoms with Crippen LogP contribution in [0.5, 0.6) is 0 Å². The molecule has 7 heteroatoms. The van der Waals surface area contributed by atoms with Gasteiger partial charge in [-0.05, 0) is 20.8 Å². The Labute approximate surface area is 113 Å². The first kappa shape index (κ1) is 17.2. The molecule has 0 saturated heterocycles. The third-order valence-corrected chi connectivity index (χ3v) is 2.99. The summed E-state index contributed by atoms with van der Waals surface area (Å²) < 4.78 is 0. The van der Waals surface area contributed by atoms with Gasteiger partial charge in [-0.15, -0.1) is 0 Å². The summed E-state index contributed by atoms with van der Waals surface area (Å²) in [6, 6.07) is -1.40. The number of carbonyl (C=O) groups excluding carboxylic acids is 2. The van der Waals surface area contributed by atoms with E-state index >= 15 is 0 Å². The number of hydrogen-bond donors (Lipinski definition) is 2. The fraction of sp³-hybridized carbons (Fsp3) is 0.750. The van der Waals surface area contributed by atoms with Gasteiger partial charge >= 0.3 is 12.0 Å². The molecule has 0 rings (SSSR count). The van der Waals surface area contributed by atoms with Gasteiger partial charge in [0.1, 0.15) is 6.04 Å². The second kappa shape index (κ2) is 8.34. The Balaban J connectivity index is 4.11. The van der Waals surface area contributed by atoms with Gasteiger partial charge in [-0.25, -0.2) is 9.59 Å². The van der Waals surface area contributed by atoms with Gasteiger partial charge in [-0.2, -0.15) is 0 Å². The lowest BCUT2D eigenvalue weighted by Gasteiger charge is -2.22. The molecular formula is C12H23N3O4. The average molecular weight is 273 g/mol. The maximum atomic E-state index is 11.7. The molecular weight excluding hydrogens is 250 g/mol. The van der Waals surface area contributed by atoms with Crippen molar-refractivity contribution < 1.29 is 19.5 Å². The molecule has 0 bridgehead atoms. The van der Waals surface area contributed by atoms with Gasteiger partial charge in [0.05, 0.1) is 0 Å². The Kier molecular flexibility index (Phi) is 7.55. The maximum Gasteiger partial charge on any atom is 0.326 e. The molecule has 0 aromatic carbocycles. The summed E-state index contributed by atoms with van der Waals surface area (Å²) in [7, 11) is 1.40. The van der Waals surface area contributed by atoms with Gasteiger partial charge in [-0.1, -0.05) is 0 Å². The zero-order valence-electron chi connectivity index (χ0n) is 12.0. The molecule has 0 aromatic heterocycles. The summed E-state index contributed by atoms with van der Waals surface area (Å²) in [5.74, 6) is -1.10. The fourth-order valence-corrected chi connectivity index (χ4v) is 1.48. The molecule has 0 radical (unpaired) electrons. The van der Waals surface area contributed by atoms with Crippen molar-refractivity contribution in [2.75, 3.05) is 26.7 Å². The van der Waals surface area contributed by atoms with Crippen LogP contribution < -0.4 is 5.32 Å². The largest absolute Gasteiger partial charge is 0.480 e. The number of aliphatic carboxylic acids is 1. The second-order valence-electron chi connectivity index (χ2n) is 4.17. The first-order valence-electron chi connectivity index (χ1n) is 6.36. The van der Waals surface area contributed by atoms with Crippen LogP contribution >= 0.6 is 0 Å². The summed E-state index contributed by atoms with van der Waals surface area (Å²) in [4.78, 5) is 36.7.